The molecule has 15 heteroatoms. The first-order valence-corrected chi connectivity index (χ1v) is 9.60. The summed E-state index contributed by atoms with van der Waals surface area (Å²) in [5, 5.41) is 13.2. The average Bonchev–Trinajstić information content (AvgIpc) is 3.11. The van der Waals surface area contributed by atoms with Gasteiger partial charge in [-0.25, -0.2) is 9.55 Å². The van der Waals surface area contributed by atoms with E-state index in [2.05, 4.69) is 24.8 Å². The van der Waals surface area contributed by atoms with E-state index in [0.717, 1.165) is 0 Å². The summed E-state index contributed by atoms with van der Waals surface area (Å²) in [6, 6.07) is 0. The number of hydrogen-bond acceptors (Lipinski definition) is 9. The van der Waals surface area contributed by atoms with Crippen LogP contribution in [0, 0.1) is 5.92 Å². The van der Waals surface area contributed by atoms with E-state index >= 15 is 0 Å². The molecule has 0 saturated carbocycles. The van der Waals surface area contributed by atoms with Gasteiger partial charge in [0.05, 0.1) is 19.0 Å². The number of nitrogen functional groups attached to an aromatic ring is 1. The van der Waals surface area contributed by atoms with Gasteiger partial charge in [0.1, 0.15) is 6.10 Å². The van der Waals surface area contributed by atoms with Crippen LogP contribution in [0.3, 0.4) is 0 Å². The minimum Gasteiger partial charge on any atom is -0.388 e. The molecule has 1 saturated heterocycles. The standard InChI is InChI=1S/C13H19N6O8P/c1-5(20)15-2-6-7(3-26-28(23,24)25)27-12(9(6)21)19-4-16-8-10(19)17-13(14)18-11(8)22/h4,6-7,9,12,21H,2-3H2,1H3,(H,15,20)(H2,23,24,25)(H3,14,17,18,22)/t6-,7-,9-,12-/m1/s1. The van der Waals surface area contributed by atoms with Crippen LogP contribution in [0.25, 0.3) is 11.2 Å². The van der Waals surface area contributed by atoms with E-state index in [9.17, 15) is 19.3 Å². The average molecular weight is 418 g/mol. The maximum Gasteiger partial charge on any atom is 0.469 e. The van der Waals surface area contributed by atoms with Crippen molar-refractivity contribution in [2.24, 2.45) is 5.92 Å². The number of carbonyl (C=O) groups excluding carboxylic acids is 1. The molecule has 4 atom stereocenters. The quantitative estimate of drug-likeness (QED) is 0.277. The lowest BCUT2D eigenvalue weighted by molar-refractivity contribution is -0.119. The Kier molecular flexibility index (Phi) is 5.52. The minimum atomic E-state index is -4.78. The van der Waals surface area contributed by atoms with Gasteiger partial charge in [-0.1, -0.05) is 0 Å². The Morgan fingerprint density at radius 3 is 2.89 bits per heavy atom. The predicted molar refractivity (Wildman–Crippen MR) is 92.6 cm³/mol. The van der Waals surface area contributed by atoms with Crippen LogP contribution in [0.2, 0.25) is 0 Å². The molecule has 2 aromatic rings. The van der Waals surface area contributed by atoms with Gasteiger partial charge in [0, 0.05) is 19.4 Å². The van der Waals surface area contributed by atoms with Crippen molar-refractivity contribution in [1.29, 1.82) is 0 Å². The fourth-order valence-electron chi connectivity index (χ4n) is 3.00. The summed E-state index contributed by atoms with van der Waals surface area (Å²) in [5.74, 6) is -1.29. The highest BCUT2D eigenvalue weighted by Gasteiger charge is 2.46. The first kappa shape index (κ1) is 20.4. The molecule has 1 aliphatic rings. The third-order valence-electron chi connectivity index (χ3n) is 4.24. The Labute approximate surface area is 156 Å². The maximum absolute atomic E-state index is 11.9. The lowest BCUT2D eigenvalue weighted by Gasteiger charge is -2.20. The molecule has 0 spiro atoms. The number of anilines is 1. The van der Waals surface area contributed by atoms with Crippen LogP contribution in [0.4, 0.5) is 5.95 Å². The highest BCUT2D eigenvalue weighted by molar-refractivity contribution is 7.46. The van der Waals surface area contributed by atoms with Crippen LogP contribution in [0.15, 0.2) is 11.1 Å². The monoisotopic (exact) mass is 418 g/mol. The molecule has 0 aromatic carbocycles. The Hall–Kier alpha value is -2.35. The summed E-state index contributed by atoms with van der Waals surface area (Å²) in [4.78, 5) is 51.2. The van der Waals surface area contributed by atoms with Crippen LogP contribution in [0.1, 0.15) is 13.2 Å². The van der Waals surface area contributed by atoms with E-state index in [-0.39, 0.29) is 29.6 Å². The first-order chi connectivity index (χ1) is 13.1. The number of amides is 1. The van der Waals surface area contributed by atoms with Crippen molar-refractivity contribution in [3.05, 3.63) is 16.7 Å². The molecule has 1 fully saturated rings. The largest absolute Gasteiger partial charge is 0.469 e. The van der Waals surface area contributed by atoms with Gasteiger partial charge >= 0.3 is 7.82 Å². The zero-order valence-corrected chi connectivity index (χ0v) is 15.4. The van der Waals surface area contributed by atoms with Gasteiger partial charge in [0.2, 0.25) is 11.9 Å². The second-order valence-corrected chi connectivity index (χ2v) is 7.46. The summed E-state index contributed by atoms with van der Waals surface area (Å²) >= 11 is 0. The molecule has 1 amide bonds. The van der Waals surface area contributed by atoms with Gasteiger partial charge < -0.3 is 30.7 Å². The number of nitrogens with one attached hydrogen (secondary N) is 2. The topological polar surface area (TPSA) is 215 Å². The number of carbonyl (C=O) groups is 1. The van der Waals surface area contributed by atoms with Crippen molar-refractivity contribution in [1.82, 2.24) is 24.8 Å². The van der Waals surface area contributed by atoms with Crippen molar-refractivity contribution >= 4 is 30.8 Å². The summed E-state index contributed by atoms with van der Waals surface area (Å²) in [6.07, 6.45) is -2.10. The number of phosphoric ester groups is 1. The molecule has 3 rings (SSSR count). The van der Waals surface area contributed by atoms with E-state index in [1.165, 1.54) is 17.8 Å². The fourth-order valence-corrected chi connectivity index (χ4v) is 3.34. The van der Waals surface area contributed by atoms with Crippen molar-refractivity contribution in [3.63, 3.8) is 0 Å². The van der Waals surface area contributed by atoms with Gasteiger partial charge in [0.15, 0.2) is 17.4 Å². The van der Waals surface area contributed by atoms with Gasteiger partial charge in [-0.3, -0.25) is 23.7 Å². The number of aliphatic hydroxyl groups excluding tert-OH is 1. The molecular weight excluding hydrogens is 399 g/mol. The lowest BCUT2D eigenvalue weighted by Crippen LogP contribution is -2.38. The van der Waals surface area contributed by atoms with Crippen molar-refractivity contribution in [2.45, 2.75) is 25.4 Å². The Morgan fingerprint density at radius 2 is 2.25 bits per heavy atom. The molecule has 2 aromatic heterocycles. The second-order valence-electron chi connectivity index (χ2n) is 6.22. The summed E-state index contributed by atoms with van der Waals surface area (Å²) in [5.41, 5.74) is 5.00. The molecule has 0 unspecified atom stereocenters. The lowest BCUT2D eigenvalue weighted by atomic mass is 9.98. The molecule has 7 N–H and O–H groups in total. The van der Waals surface area contributed by atoms with E-state index in [1.807, 2.05) is 0 Å². The molecule has 154 valence electrons. The number of fused-ring (bicyclic) bond motifs is 1. The van der Waals surface area contributed by atoms with E-state index in [0.29, 0.717) is 0 Å². The summed E-state index contributed by atoms with van der Waals surface area (Å²) in [6.45, 7) is 0.707. The number of nitrogens with zero attached hydrogens (tertiary/aromatic N) is 3. The minimum absolute atomic E-state index is 0.0293. The van der Waals surface area contributed by atoms with Gasteiger partial charge in [0.25, 0.3) is 5.56 Å². The number of nitrogens with two attached hydrogens (primary N) is 1. The van der Waals surface area contributed by atoms with Crippen molar-refractivity contribution in [3.8, 4) is 0 Å². The van der Waals surface area contributed by atoms with Gasteiger partial charge in [-0.05, 0) is 0 Å². The zero-order chi connectivity index (χ0) is 20.6. The molecular formula is C13H19N6O8P. The number of imidazole rings is 1. The highest BCUT2D eigenvalue weighted by atomic mass is 31.2. The number of H-pyrrole nitrogens is 1. The number of rotatable bonds is 6. The van der Waals surface area contributed by atoms with Crippen LogP contribution in [-0.2, 0) is 18.6 Å². The van der Waals surface area contributed by atoms with E-state index in [4.69, 9.17) is 20.3 Å². The normalized spacial score (nSPS) is 25.3. The molecule has 14 nitrogen and oxygen atoms in total. The number of aliphatic hydroxyl groups is 1. The highest BCUT2D eigenvalue weighted by Crippen LogP contribution is 2.40. The Morgan fingerprint density at radius 1 is 1.54 bits per heavy atom. The van der Waals surface area contributed by atoms with Gasteiger partial charge in [-0.15, -0.1) is 0 Å². The number of ether oxygens (including phenoxy) is 1. The second kappa shape index (κ2) is 7.58. The molecule has 0 radical (unpaired) electrons. The number of aromatic amines is 1. The van der Waals surface area contributed by atoms with Crippen LogP contribution in [-0.4, -0.2) is 65.7 Å². The zero-order valence-electron chi connectivity index (χ0n) is 14.6. The molecule has 0 aliphatic carbocycles. The number of hydrogen-bond donors (Lipinski definition) is 6. The van der Waals surface area contributed by atoms with Crippen LogP contribution in [0.5, 0.6) is 0 Å². The molecule has 1 aliphatic heterocycles. The maximum atomic E-state index is 11.9. The van der Waals surface area contributed by atoms with Crippen LogP contribution < -0.4 is 16.6 Å². The SMILES string of the molecule is CC(=O)NC[C@H]1[C@@H](O)[C@H](n2cnc3c(=O)[nH]c(N)nc32)O[C@@H]1COP(=O)(O)O. The smallest absolute Gasteiger partial charge is 0.388 e. The van der Waals surface area contributed by atoms with E-state index in [1.54, 1.807) is 0 Å². The predicted octanol–water partition coefficient (Wildman–Crippen LogP) is -2.18. The third kappa shape index (κ3) is 4.22. The summed E-state index contributed by atoms with van der Waals surface area (Å²) in [7, 11) is -4.78. The molecule has 3 heterocycles. The van der Waals surface area contributed by atoms with Crippen molar-refractivity contribution in [2.75, 3.05) is 18.9 Å². The number of phosphoric acid groups is 1. The molecule has 0 bridgehead atoms. The first-order valence-electron chi connectivity index (χ1n) is 8.07. The van der Waals surface area contributed by atoms with E-state index < -0.39 is 44.3 Å². The van der Waals surface area contributed by atoms with Gasteiger partial charge in [-0.2, -0.15) is 4.98 Å². The Bertz CT molecular complexity index is 985. The number of aromatic nitrogens is 4. The molecule has 28 heavy (non-hydrogen) atoms. The fraction of sp³-hybridized carbons (Fsp3) is 0.538. The van der Waals surface area contributed by atoms with Crippen LogP contribution >= 0.6 is 7.82 Å². The third-order valence-corrected chi connectivity index (χ3v) is 4.73. The Balaban J connectivity index is 1.92. The summed E-state index contributed by atoms with van der Waals surface area (Å²) < 4.78 is 22.5. The van der Waals surface area contributed by atoms with Crippen molar-refractivity contribution < 1.29 is 33.5 Å².